The summed E-state index contributed by atoms with van der Waals surface area (Å²) < 4.78 is 33.5. The van der Waals surface area contributed by atoms with Gasteiger partial charge in [-0.25, -0.2) is 8.42 Å². The lowest BCUT2D eigenvalue weighted by Gasteiger charge is -2.29. The zero-order valence-electron chi connectivity index (χ0n) is 22.6. The van der Waals surface area contributed by atoms with Crippen molar-refractivity contribution in [2.24, 2.45) is 0 Å². The van der Waals surface area contributed by atoms with Crippen LogP contribution >= 0.6 is 0 Å². The Morgan fingerprint density at radius 2 is 1.40 bits per heavy atom. The standard InChI is InChI=1S/C26H26N3.C7H8O3S/c1-2-17-29-24-9-5-3-7-22(24)26(23-8-4-6-10-25(23)29)20-11-13-21(14-12-20)28-18-15-27-16-19-28;1-6-2-4-7(5-3-6)11(8,9)10/h2-14,27H,1,15-19H2;2-5H,1H3,(H,8,9,10)/q+1;/p-1. The summed E-state index contributed by atoms with van der Waals surface area (Å²) in [5.41, 5.74) is 7.30. The van der Waals surface area contributed by atoms with Crippen LogP contribution in [0.2, 0.25) is 0 Å². The molecule has 0 amide bonds. The fraction of sp³-hybridized carbons (Fsp3) is 0.182. The van der Waals surface area contributed by atoms with Gasteiger partial charge < -0.3 is 14.8 Å². The summed E-state index contributed by atoms with van der Waals surface area (Å²) in [4.78, 5) is 2.28. The fourth-order valence-electron chi connectivity index (χ4n) is 5.22. The van der Waals surface area contributed by atoms with Crippen molar-refractivity contribution in [3.63, 3.8) is 0 Å². The average Bonchev–Trinajstić information content (AvgIpc) is 2.98. The number of pyridine rings is 1. The predicted octanol–water partition coefficient (Wildman–Crippen LogP) is 5.44. The Bertz CT molecular complexity index is 1690. The van der Waals surface area contributed by atoms with E-state index in [0.29, 0.717) is 0 Å². The van der Waals surface area contributed by atoms with Gasteiger partial charge in [0.05, 0.1) is 15.7 Å². The van der Waals surface area contributed by atoms with Crippen molar-refractivity contribution in [1.29, 1.82) is 0 Å². The highest BCUT2D eigenvalue weighted by atomic mass is 32.2. The van der Waals surface area contributed by atoms with Gasteiger partial charge in [-0.05, 0) is 55.0 Å². The highest BCUT2D eigenvalue weighted by molar-refractivity contribution is 7.85. The van der Waals surface area contributed by atoms with E-state index in [9.17, 15) is 13.0 Å². The number of fused-ring (bicyclic) bond motifs is 2. The summed E-state index contributed by atoms with van der Waals surface area (Å²) in [5, 5.41) is 5.99. The SMILES string of the molecule is C=CC[n+]1c2ccccc2c(-c2ccc(N3CCNCC3)cc2)c2ccccc21.Cc1ccc(S(=O)(=O)[O-])cc1. The van der Waals surface area contributed by atoms with E-state index < -0.39 is 10.1 Å². The molecule has 40 heavy (non-hydrogen) atoms. The molecule has 0 unspecified atom stereocenters. The molecule has 1 fully saturated rings. The number of anilines is 1. The second-order valence-corrected chi connectivity index (χ2v) is 11.2. The molecule has 204 valence electrons. The van der Waals surface area contributed by atoms with Gasteiger partial charge in [-0.15, -0.1) is 0 Å². The van der Waals surface area contributed by atoms with E-state index in [-0.39, 0.29) is 4.90 Å². The molecule has 1 N–H and O–H groups in total. The molecule has 4 aromatic carbocycles. The van der Waals surface area contributed by atoms with Crippen molar-refractivity contribution in [1.82, 2.24) is 5.32 Å². The van der Waals surface area contributed by atoms with Crippen LogP contribution in [0.5, 0.6) is 0 Å². The molecule has 2 heterocycles. The molecule has 7 heteroatoms. The lowest BCUT2D eigenvalue weighted by molar-refractivity contribution is -0.634. The topological polar surface area (TPSA) is 76.3 Å². The lowest BCUT2D eigenvalue weighted by Crippen LogP contribution is -2.43. The van der Waals surface area contributed by atoms with Gasteiger partial charge in [0.2, 0.25) is 11.0 Å². The van der Waals surface area contributed by atoms with E-state index in [2.05, 4.69) is 94.2 Å². The van der Waals surface area contributed by atoms with Crippen molar-refractivity contribution in [3.8, 4) is 11.1 Å². The first-order valence-corrected chi connectivity index (χ1v) is 14.8. The summed E-state index contributed by atoms with van der Waals surface area (Å²) in [5.74, 6) is 0. The fourth-order valence-corrected chi connectivity index (χ4v) is 5.69. The summed E-state index contributed by atoms with van der Waals surface area (Å²) in [6.45, 7) is 10.8. The van der Waals surface area contributed by atoms with E-state index in [1.807, 2.05) is 13.0 Å². The Balaban J connectivity index is 0.000000248. The number of nitrogens with zero attached hydrogens (tertiary/aromatic N) is 2. The molecule has 1 aliphatic rings. The quantitative estimate of drug-likeness (QED) is 0.136. The number of aromatic nitrogens is 1. The van der Waals surface area contributed by atoms with Crippen molar-refractivity contribution in [2.75, 3.05) is 31.1 Å². The maximum absolute atomic E-state index is 10.4. The van der Waals surface area contributed by atoms with E-state index in [0.717, 1.165) is 38.3 Å². The van der Waals surface area contributed by atoms with Gasteiger partial charge in [0.25, 0.3) is 0 Å². The van der Waals surface area contributed by atoms with Crippen LogP contribution in [0.3, 0.4) is 0 Å². The maximum Gasteiger partial charge on any atom is 0.213 e. The zero-order chi connectivity index (χ0) is 28.1. The van der Waals surface area contributed by atoms with Crippen LogP contribution in [-0.4, -0.2) is 39.1 Å². The Hall–Kier alpha value is -4.04. The Kier molecular flexibility index (Phi) is 8.26. The maximum atomic E-state index is 10.4. The minimum absolute atomic E-state index is 0.178. The summed E-state index contributed by atoms with van der Waals surface area (Å²) in [6.07, 6.45) is 1.97. The highest BCUT2D eigenvalue weighted by Gasteiger charge is 2.20. The molecule has 0 atom stereocenters. The molecule has 6 nitrogen and oxygen atoms in total. The first kappa shape index (κ1) is 27.5. The lowest BCUT2D eigenvalue weighted by atomic mass is 9.95. The molecule has 0 spiro atoms. The van der Waals surface area contributed by atoms with Gasteiger partial charge in [-0.2, -0.15) is 4.57 Å². The number of benzene rings is 4. The number of allylic oxidation sites excluding steroid dienone is 1. The number of hydrogen-bond donors (Lipinski definition) is 1. The number of rotatable bonds is 5. The Morgan fingerprint density at radius 3 is 1.93 bits per heavy atom. The number of nitrogens with one attached hydrogen (secondary N) is 1. The van der Waals surface area contributed by atoms with Gasteiger partial charge in [-0.3, -0.25) is 0 Å². The second-order valence-electron chi connectivity index (χ2n) is 9.86. The van der Waals surface area contributed by atoms with Crippen LogP contribution in [-0.2, 0) is 16.7 Å². The van der Waals surface area contributed by atoms with Gasteiger partial charge >= 0.3 is 0 Å². The third-order valence-corrected chi connectivity index (χ3v) is 8.04. The van der Waals surface area contributed by atoms with Gasteiger partial charge in [-0.1, -0.05) is 60.7 Å². The first-order chi connectivity index (χ1) is 19.4. The van der Waals surface area contributed by atoms with Crippen molar-refractivity contribution >= 4 is 37.6 Å². The third-order valence-electron chi connectivity index (χ3n) is 7.19. The molecule has 1 saturated heterocycles. The number of piperazine rings is 1. The third kappa shape index (κ3) is 5.92. The van der Waals surface area contributed by atoms with Gasteiger partial charge in [0.1, 0.15) is 10.1 Å². The number of para-hydroxylation sites is 2. The predicted molar refractivity (Wildman–Crippen MR) is 162 cm³/mol. The molecule has 0 radical (unpaired) electrons. The average molecular weight is 552 g/mol. The molecule has 0 aliphatic carbocycles. The first-order valence-electron chi connectivity index (χ1n) is 13.4. The number of hydrogen-bond acceptors (Lipinski definition) is 5. The van der Waals surface area contributed by atoms with E-state index >= 15 is 0 Å². The molecule has 0 saturated carbocycles. The highest BCUT2D eigenvalue weighted by Crippen LogP contribution is 2.35. The summed E-state index contributed by atoms with van der Waals surface area (Å²) >= 11 is 0. The van der Waals surface area contributed by atoms with Crippen LogP contribution in [0.1, 0.15) is 5.56 Å². The number of aryl methyl sites for hydroxylation is 1. The molecular formula is C33H33N3O3S. The van der Waals surface area contributed by atoms with Crippen LogP contribution in [0.25, 0.3) is 32.9 Å². The minimum atomic E-state index is -4.27. The molecule has 1 aliphatic heterocycles. The smallest absolute Gasteiger partial charge is 0.213 e. The van der Waals surface area contributed by atoms with E-state index in [4.69, 9.17) is 0 Å². The van der Waals surface area contributed by atoms with Crippen LogP contribution in [0.15, 0.2) is 115 Å². The summed E-state index contributed by atoms with van der Waals surface area (Å²) in [6, 6.07) is 32.3. The van der Waals surface area contributed by atoms with Crippen LogP contribution in [0.4, 0.5) is 5.69 Å². The molecule has 5 aromatic rings. The Morgan fingerprint density at radius 1 is 0.850 bits per heavy atom. The van der Waals surface area contributed by atoms with Crippen molar-refractivity contribution in [2.45, 2.75) is 18.4 Å². The van der Waals surface area contributed by atoms with Crippen molar-refractivity contribution in [3.05, 3.63) is 115 Å². The molecule has 6 rings (SSSR count). The summed E-state index contributed by atoms with van der Waals surface area (Å²) in [7, 11) is -4.27. The molecule has 0 bridgehead atoms. The van der Waals surface area contributed by atoms with Crippen molar-refractivity contribution < 1.29 is 17.5 Å². The molecular weight excluding hydrogens is 518 g/mol. The second kappa shape index (κ2) is 12.0. The Labute approximate surface area is 236 Å². The van der Waals surface area contributed by atoms with E-state index in [1.165, 1.54) is 50.8 Å². The van der Waals surface area contributed by atoms with E-state index in [1.54, 1.807) is 12.1 Å². The largest absolute Gasteiger partial charge is 0.744 e. The normalized spacial score (nSPS) is 13.6. The van der Waals surface area contributed by atoms with Crippen LogP contribution < -0.4 is 14.8 Å². The molecule has 1 aromatic heterocycles. The monoisotopic (exact) mass is 551 g/mol. The van der Waals surface area contributed by atoms with Crippen LogP contribution in [0, 0.1) is 6.92 Å². The van der Waals surface area contributed by atoms with Gasteiger partial charge in [0, 0.05) is 49.6 Å². The minimum Gasteiger partial charge on any atom is -0.744 e. The zero-order valence-corrected chi connectivity index (χ0v) is 23.4. The van der Waals surface area contributed by atoms with Gasteiger partial charge in [0.15, 0.2) is 6.54 Å².